The van der Waals surface area contributed by atoms with Crippen molar-refractivity contribution in [1.29, 1.82) is 0 Å². The van der Waals surface area contributed by atoms with Crippen molar-refractivity contribution in [3.63, 3.8) is 0 Å². The molecule has 0 N–H and O–H groups in total. The minimum Gasteiger partial charge on any atom is -0.468 e. The molecule has 0 aromatic heterocycles. The van der Waals surface area contributed by atoms with Gasteiger partial charge in [-0.05, 0) is 12.8 Å². The van der Waals surface area contributed by atoms with Crippen LogP contribution >= 0.6 is 35.7 Å². The summed E-state index contributed by atoms with van der Waals surface area (Å²) in [5, 5.41) is 0.678. The average molecular weight is 375 g/mol. The lowest BCUT2D eigenvalue weighted by Crippen LogP contribution is -2.31. The largest absolute Gasteiger partial charge is 0.468 e. The van der Waals surface area contributed by atoms with Crippen molar-refractivity contribution in [3.05, 3.63) is 9.93 Å². The smallest absolute Gasteiger partial charge is 0.293 e. The molecule has 6 nitrogen and oxygen atoms in total. The van der Waals surface area contributed by atoms with Crippen LogP contribution in [-0.2, 0) is 19.1 Å². The van der Waals surface area contributed by atoms with Gasteiger partial charge < -0.3 is 9.64 Å². The molecule has 0 saturated carbocycles. The molecular formula is C14H18N2O4S3. The van der Waals surface area contributed by atoms with E-state index in [-0.39, 0.29) is 18.4 Å². The molecule has 126 valence electrons. The molecule has 0 aromatic rings. The summed E-state index contributed by atoms with van der Waals surface area (Å²) in [6, 6.07) is 0. The number of thiocarbonyl (C=S) groups is 1. The van der Waals surface area contributed by atoms with E-state index in [1.54, 1.807) is 9.80 Å². The average Bonchev–Trinajstić information content (AvgIpc) is 3.02. The van der Waals surface area contributed by atoms with Gasteiger partial charge in [0.05, 0.1) is 17.4 Å². The molecule has 0 bridgehead atoms. The van der Waals surface area contributed by atoms with Gasteiger partial charge in [0.2, 0.25) is 5.91 Å². The highest BCUT2D eigenvalue weighted by molar-refractivity contribution is 8.27. The number of ether oxygens (including phenoxy) is 1. The molecule has 9 heteroatoms. The maximum absolute atomic E-state index is 12.6. The van der Waals surface area contributed by atoms with Gasteiger partial charge >= 0.3 is 0 Å². The third-order valence-electron chi connectivity index (χ3n) is 3.37. The van der Waals surface area contributed by atoms with Gasteiger partial charge in [-0.15, -0.1) is 0 Å². The molecule has 2 heterocycles. The molecule has 0 unspecified atom stereocenters. The van der Waals surface area contributed by atoms with Crippen LogP contribution in [-0.4, -0.2) is 57.9 Å². The Hall–Kier alpha value is -1.06. The highest BCUT2D eigenvalue weighted by atomic mass is 32.2. The number of rotatable bonds is 8. The van der Waals surface area contributed by atoms with Crippen LogP contribution in [0.15, 0.2) is 9.93 Å². The molecule has 23 heavy (non-hydrogen) atoms. The first-order valence-corrected chi connectivity index (χ1v) is 9.57. The number of amides is 2. The van der Waals surface area contributed by atoms with Gasteiger partial charge in [0, 0.05) is 13.1 Å². The molecule has 2 aliphatic heterocycles. The molecule has 0 aliphatic carbocycles. The van der Waals surface area contributed by atoms with Crippen molar-refractivity contribution in [2.24, 2.45) is 0 Å². The van der Waals surface area contributed by atoms with Crippen LogP contribution < -0.4 is 0 Å². The molecule has 2 rings (SSSR count). The molecule has 0 spiro atoms. The van der Waals surface area contributed by atoms with E-state index < -0.39 is 0 Å². The van der Waals surface area contributed by atoms with Crippen molar-refractivity contribution < 1.29 is 19.1 Å². The summed E-state index contributed by atoms with van der Waals surface area (Å²) in [7, 11) is 0. The molecule has 2 saturated heterocycles. The highest BCUT2D eigenvalue weighted by Crippen LogP contribution is 2.41. The Bertz CT molecular complexity index is 550. The third kappa shape index (κ3) is 4.27. The fourth-order valence-corrected chi connectivity index (χ4v) is 4.77. The Balaban J connectivity index is 2.11. The molecule has 0 aromatic carbocycles. The fraction of sp³-hybridized carbons (Fsp3) is 0.571. The Labute approximate surface area is 149 Å². The second-order valence-electron chi connectivity index (χ2n) is 4.97. The van der Waals surface area contributed by atoms with E-state index in [1.165, 1.54) is 23.5 Å². The van der Waals surface area contributed by atoms with E-state index >= 15 is 0 Å². The van der Waals surface area contributed by atoms with Crippen molar-refractivity contribution in [2.75, 3.05) is 25.4 Å². The van der Waals surface area contributed by atoms with E-state index in [2.05, 4.69) is 11.7 Å². The second kappa shape index (κ2) is 8.70. The molecule has 0 radical (unpaired) electrons. The monoisotopic (exact) mass is 374 g/mol. The standard InChI is InChI=1S/C14H18N2O4S3/c1-2-3-5-16-12(19)11(23-14(16)21)13-15(10(18)8-22-13)6-4-7-20-9-17/h9H,2-8H2,1H3. The molecular weight excluding hydrogens is 356 g/mol. The molecule has 2 aliphatic rings. The summed E-state index contributed by atoms with van der Waals surface area (Å²) in [4.78, 5) is 38.5. The highest BCUT2D eigenvalue weighted by Gasteiger charge is 2.39. The van der Waals surface area contributed by atoms with Crippen LogP contribution in [0.5, 0.6) is 0 Å². The lowest BCUT2D eigenvalue weighted by atomic mass is 10.3. The third-order valence-corrected chi connectivity index (χ3v) is 6.03. The first kappa shape index (κ1) is 18.3. The molecule has 0 atom stereocenters. The first-order valence-electron chi connectivity index (χ1n) is 7.36. The number of hydrogen-bond donors (Lipinski definition) is 0. The SMILES string of the molecule is CCCCN1C(=O)C(=C2SCC(=O)N2CCCOC=O)SC1=S. The number of carbonyl (C=O) groups excluding carboxylic acids is 3. The van der Waals surface area contributed by atoms with Crippen LogP contribution in [0.4, 0.5) is 0 Å². The van der Waals surface area contributed by atoms with Crippen molar-refractivity contribution in [1.82, 2.24) is 9.80 Å². The van der Waals surface area contributed by atoms with Gasteiger partial charge in [-0.2, -0.15) is 0 Å². The number of unbranched alkanes of at least 4 members (excludes halogenated alkanes) is 1. The van der Waals surface area contributed by atoms with E-state index in [0.717, 1.165) is 12.8 Å². The quantitative estimate of drug-likeness (QED) is 0.278. The zero-order valence-electron chi connectivity index (χ0n) is 12.8. The van der Waals surface area contributed by atoms with Crippen molar-refractivity contribution in [3.8, 4) is 0 Å². The normalized spacial score (nSPS) is 21.5. The predicted molar refractivity (Wildman–Crippen MR) is 94.6 cm³/mol. The van der Waals surface area contributed by atoms with Gasteiger partial charge in [0.25, 0.3) is 12.4 Å². The Morgan fingerprint density at radius 3 is 2.70 bits per heavy atom. The second-order valence-corrected chi connectivity index (χ2v) is 7.58. The van der Waals surface area contributed by atoms with E-state index in [4.69, 9.17) is 12.2 Å². The zero-order valence-corrected chi connectivity index (χ0v) is 15.2. The summed E-state index contributed by atoms with van der Waals surface area (Å²) in [6.07, 6.45) is 2.41. The van der Waals surface area contributed by atoms with Crippen LogP contribution in [0.3, 0.4) is 0 Å². The van der Waals surface area contributed by atoms with Crippen molar-refractivity contribution >= 4 is 58.3 Å². The van der Waals surface area contributed by atoms with Crippen LogP contribution in [0, 0.1) is 0 Å². The lowest BCUT2D eigenvalue weighted by Gasteiger charge is -2.18. The Morgan fingerprint density at radius 2 is 2.00 bits per heavy atom. The zero-order chi connectivity index (χ0) is 16.8. The van der Waals surface area contributed by atoms with Gasteiger partial charge in [0.15, 0.2) is 0 Å². The lowest BCUT2D eigenvalue weighted by molar-refractivity contribution is -0.129. The summed E-state index contributed by atoms with van der Waals surface area (Å²) in [5.41, 5.74) is 0. The topological polar surface area (TPSA) is 66.9 Å². The van der Waals surface area contributed by atoms with E-state index in [0.29, 0.717) is 46.0 Å². The summed E-state index contributed by atoms with van der Waals surface area (Å²) in [6.45, 7) is 3.74. The molecule has 2 amide bonds. The minimum atomic E-state index is -0.111. The maximum Gasteiger partial charge on any atom is 0.293 e. The van der Waals surface area contributed by atoms with Gasteiger partial charge in [-0.3, -0.25) is 19.3 Å². The van der Waals surface area contributed by atoms with Gasteiger partial charge in [-0.1, -0.05) is 49.1 Å². The van der Waals surface area contributed by atoms with Crippen LogP contribution in [0.2, 0.25) is 0 Å². The summed E-state index contributed by atoms with van der Waals surface area (Å²) >= 11 is 7.93. The minimum absolute atomic E-state index is 0.0325. The van der Waals surface area contributed by atoms with Crippen LogP contribution in [0.1, 0.15) is 26.2 Å². The predicted octanol–water partition coefficient (Wildman–Crippen LogP) is 1.95. The van der Waals surface area contributed by atoms with Gasteiger partial charge in [0.1, 0.15) is 9.23 Å². The Kier molecular flexibility index (Phi) is 6.91. The van der Waals surface area contributed by atoms with Crippen LogP contribution in [0.25, 0.3) is 0 Å². The van der Waals surface area contributed by atoms with Crippen molar-refractivity contribution in [2.45, 2.75) is 26.2 Å². The number of hydrogen-bond acceptors (Lipinski definition) is 7. The summed E-state index contributed by atoms with van der Waals surface area (Å²) < 4.78 is 5.20. The number of nitrogens with zero attached hydrogens (tertiary/aromatic N) is 2. The summed E-state index contributed by atoms with van der Waals surface area (Å²) in [5.74, 6) is 0.179. The Morgan fingerprint density at radius 1 is 1.26 bits per heavy atom. The maximum atomic E-state index is 12.6. The molecule has 2 fully saturated rings. The van der Waals surface area contributed by atoms with Gasteiger partial charge in [-0.25, -0.2) is 0 Å². The fourth-order valence-electron chi connectivity index (χ4n) is 2.20. The number of carbonyl (C=O) groups is 3. The first-order chi connectivity index (χ1) is 11.1. The van der Waals surface area contributed by atoms with E-state index in [9.17, 15) is 14.4 Å². The van der Waals surface area contributed by atoms with E-state index in [1.807, 2.05) is 0 Å². The number of thioether (sulfide) groups is 2.